The van der Waals surface area contributed by atoms with E-state index in [1.54, 1.807) is 0 Å². The van der Waals surface area contributed by atoms with Gasteiger partial charge in [0.05, 0.1) is 0 Å². The first kappa shape index (κ1) is 13.6. The van der Waals surface area contributed by atoms with E-state index in [0.717, 1.165) is 25.1 Å². The number of amides is 1. The van der Waals surface area contributed by atoms with Crippen LogP contribution in [0.1, 0.15) is 43.2 Å². The first-order valence-corrected chi connectivity index (χ1v) is 7.64. The number of nitrogens with one attached hydrogen (secondary N) is 1. The lowest BCUT2D eigenvalue weighted by atomic mass is 9.99. The molecule has 1 aromatic heterocycles. The molecule has 1 N–H and O–H groups in total. The van der Waals surface area contributed by atoms with Crippen molar-refractivity contribution in [2.45, 2.75) is 45.1 Å². The van der Waals surface area contributed by atoms with Crippen LogP contribution in [0, 0.1) is 12.8 Å². The third-order valence-corrected chi connectivity index (χ3v) is 4.21. The van der Waals surface area contributed by atoms with E-state index in [1.807, 2.05) is 6.20 Å². The molecule has 1 amide bonds. The predicted molar refractivity (Wildman–Crippen MR) is 75.5 cm³/mol. The summed E-state index contributed by atoms with van der Waals surface area (Å²) in [5.41, 5.74) is 1.23. The van der Waals surface area contributed by atoms with Crippen LogP contribution < -0.4 is 5.32 Å². The lowest BCUT2D eigenvalue weighted by Crippen LogP contribution is -2.35. The van der Waals surface area contributed by atoms with Crippen LogP contribution in [-0.2, 0) is 16.0 Å². The van der Waals surface area contributed by atoms with E-state index in [9.17, 15) is 4.79 Å². The summed E-state index contributed by atoms with van der Waals surface area (Å²) in [5.74, 6) is 1.42. The van der Waals surface area contributed by atoms with Gasteiger partial charge in [-0.05, 0) is 32.6 Å². The van der Waals surface area contributed by atoms with Gasteiger partial charge in [-0.3, -0.25) is 4.79 Å². The fraction of sp³-hybridized carbons (Fsp3) is 0.733. The van der Waals surface area contributed by atoms with E-state index in [4.69, 9.17) is 4.74 Å². The van der Waals surface area contributed by atoms with Gasteiger partial charge in [0.2, 0.25) is 5.91 Å². The van der Waals surface area contributed by atoms with Crippen molar-refractivity contribution in [3.8, 4) is 0 Å². The first-order valence-electron chi connectivity index (χ1n) is 7.64. The third-order valence-electron chi connectivity index (χ3n) is 4.21. The predicted octanol–water partition coefficient (Wildman–Crippen LogP) is 1.61. The molecule has 0 atom stereocenters. The maximum atomic E-state index is 12.0. The molecule has 20 heavy (non-hydrogen) atoms. The van der Waals surface area contributed by atoms with Crippen LogP contribution in [0.15, 0.2) is 6.20 Å². The summed E-state index contributed by atoms with van der Waals surface area (Å²) >= 11 is 0. The lowest BCUT2D eigenvalue weighted by Gasteiger charge is -2.21. The SMILES string of the molecule is Cc1cnc(CCNC(=O)C2CCOCC2)n1C1CC1. The highest BCUT2D eigenvalue weighted by Gasteiger charge is 2.27. The van der Waals surface area contributed by atoms with Crippen molar-refractivity contribution >= 4 is 5.91 Å². The first-order chi connectivity index (χ1) is 9.75. The molecule has 1 saturated carbocycles. The van der Waals surface area contributed by atoms with Crippen molar-refractivity contribution in [1.29, 1.82) is 0 Å². The number of ether oxygens (including phenoxy) is 1. The average Bonchev–Trinajstić information content (AvgIpc) is 3.24. The highest BCUT2D eigenvalue weighted by atomic mass is 16.5. The van der Waals surface area contributed by atoms with E-state index in [2.05, 4.69) is 21.8 Å². The zero-order valence-corrected chi connectivity index (χ0v) is 12.1. The number of carbonyl (C=O) groups is 1. The molecule has 1 aliphatic carbocycles. The Labute approximate surface area is 119 Å². The van der Waals surface area contributed by atoms with Crippen molar-refractivity contribution in [2.75, 3.05) is 19.8 Å². The van der Waals surface area contributed by atoms with E-state index < -0.39 is 0 Å². The summed E-state index contributed by atoms with van der Waals surface area (Å²) in [4.78, 5) is 16.5. The molecule has 0 unspecified atom stereocenters. The zero-order valence-electron chi connectivity index (χ0n) is 12.1. The van der Waals surface area contributed by atoms with Gasteiger partial charge in [0, 0.05) is 50.0 Å². The second-order valence-electron chi connectivity index (χ2n) is 5.84. The fourth-order valence-electron chi connectivity index (χ4n) is 2.91. The monoisotopic (exact) mass is 277 g/mol. The van der Waals surface area contributed by atoms with Crippen LogP contribution in [0.25, 0.3) is 0 Å². The molecule has 5 nitrogen and oxygen atoms in total. The number of aryl methyl sites for hydroxylation is 1. The van der Waals surface area contributed by atoms with Crippen molar-refractivity contribution in [3.63, 3.8) is 0 Å². The largest absolute Gasteiger partial charge is 0.381 e. The molecule has 1 aromatic rings. The Morgan fingerprint density at radius 3 is 2.85 bits per heavy atom. The van der Waals surface area contributed by atoms with Crippen molar-refractivity contribution < 1.29 is 9.53 Å². The van der Waals surface area contributed by atoms with E-state index in [0.29, 0.717) is 25.8 Å². The van der Waals surface area contributed by atoms with Gasteiger partial charge in [-0.2, -0.15) is 0 Å². The molecule has 0 spiro atoms. The normalized spacial score (nSPS) is 20.1. The number of carbonyl (C=O) groups excluding carboxylic acids is 1. The van der Waals surface area contributed by atoms with Crippen LogP contribution in [0.5, 0.6) is 0 Å². The Hall–Kier alpha value is -1.36. The quantitative estimate of drug-likeness (QED) is 0.889. The Morgan fingerprint density at radius 1 is 1.40 bits per heavy atom. The number of hydrogen-bond donors (Lipinski definition) is 1. The van der Waals surface area contributed by atoms with Gasteiger partial charge >= 0.3 is 0 Å². The summed E-state index contributed by atoms with van der Waals surface area (Å²) < 4.78 is 7.62. The minimum Gasteiger partial charge on any atom is -0.381 e. The summed E-state index contributed by atoms with van der Waals surface area (Å²) in [6, 6.07) is 0.652. The minimum atomic E-state index is 0.133. The van der Waals surface area contributed by atoms with Gasteiger partial charge in [-0.1, -0.05) is 0 Å². The molecule has 0 radical (unpaired) electrons. The molecular weight excluding hydrogens is 254 g/mol. The molecule has 1 saturated heterocycles. The molecule has 0 bridgehead atoms. The number of nitrogens with zero attached hydrogens (tertiary/aromatic N) is 2. The average molecular weight is 277 g/mol. The Bertz CT molecular complexity index is 473. The van der Waals surface area contributed by atoms with Gasteiger partial charge in [0.1, 0.15) is 5.82 Å². The van der Waals surface area contributed by atoms with Gasteiger partial charge in [-0.25, -0.2) is 4.98 Å². The Kier molecular flexibility index (Phi) is 4.05. The smallest absolute Gasteiger partial charge is 0.223 e. The Morgan fingerprint density at radius 2 is 2.15 bits per heavy atom. The summed E-state index contributed by atoms with van der Waals surface area (Å²) in [6.45, 7) is 4.21. The summed E-state index contributed by atoms with van der Waals surface area (Å²) in [6.07, 6.45) is 6.98. The molecule has 1 aliphatic heterocycles. The molecular formula is C15H23N3O2. The van der Waals surface area contributed by atoms with Crippen LogP contribution >= 0.6 is 0 Å². The molecule has 0 aromatic carbocycles. The fourth-order valence-corrected chi connectivity index (χ4v) is 2.91. The van der Waals surface area contributed by atoms with Gasteiger partial charge in [0.15, 0.2) is 0 Å². The van der Waals surface area contributed by atoms with Gasteiger partial charge in [-0.15, -0.1) is 0 Å². The van der Waals surface area contributed by atoms with Crippen molar-refractivity contribution in [1.82, 2.24) is 14.9 Å². The molecule has 110 valence electrons. The van der Waals surface area contributed by atoms with E-state index >= 15 is 0 Å². The van der Waals surface area contributed by atoms with E-state index in [1.165, 1.54) is 18.5 Å². The van der Waals surface area contributed by atoms with Crippen LogP contribution in [0.3, 0.4) is 0 Å². The van der Waals surface area contributed by atoms with Gasteiger partial charge in [0.25, 0.3) is 0 Å². The van der Waals surface area contributed by atoms with Crippen LogP contribution in [0.4, 0.5) is 0 Å². The lowest BCUT2D eigenvalue weighted by molar-refractivity contribution is -0.127. The van der Waals surface area contributed by atoms with Crippen molar-refractivity contribution in [3.05, 3.63) is 17.7 Å². The summed E-state index contributed by atoms with van der Waals surface area (Å²) in [5, 5.41) is 3.05. The zero-order chi connectivity index (χ0) is 13.9. The molecule has 2 heterocycles. The molecule has 2 fully saturated rings. The highest BCUT2D eigenvalue weighted by molar-refractivity contribution is 5.78. The van der Waals surface area contributed by atoms with Crippen molar-refractivity contribution in [2.24, 2.45) is 5.92 Å². The van der Waals surface area contributed by atoms with Gasteiger partial charge < -0.3 is 14.6 Å². The number of hydrogen-bond acceptors (Lipinski definition) is 3. The molecule has 2 aliphatic rings. The van der Waals surface area contributed by atoms with E-state index in [-0.39, 0.29) is 11.8 Å². The minimum absolute atomic E-state index is 0.133. The topological polar surface area (TPSA) is 56.1 Å². The number of rotatable bonds is 5. The molecule has 3 rings (SSSR count). The number of aromatic nitrogens is 2. The maximum absolute atomic E-state index is 12.0. The maximum Gasteiger partial charge on any atom is 0.223 e. The third kappa shape index (κ3) is 3.03. The Balaban J connectivity index is 1.48. The van der Waals surface area contributed by atoms with Crippen LogP contribution in [-0.4, -0.2) is 35.2 Å². The van der Waals surface area contributed by atoms with Crippen LogP contribution in [0.2, 0.25) is 0 Å². The summed E-state index contributed by atoms with van der Waals surface area (Å²) in [7, 11) is 0. The molecule has 5 heteroatoms. The highest BCUT2D eigenvalue weighted by Crippen LogP contribution is 2.36. The standard InChI is InChI=1S/C15H23N3O2/c1-11-10-17-14(18(11)13-2-3-13)4-7-16-15(19)12-5-8-20-9-6-12/h10,12-13H,2-9H2,1H3,(H,16,19). The number of imidazole rings is 1. The second-order valence-corrected chi connectivity index (χ2v) is 5.84. The second kappa shape index (κ2) is 5.95.